The number of nitrogens with one attached hydrogen (secondary N) is 1. The van der Waals surface area contributed by atoms with Gasteiger partial charge in [-0.3, -0.25) is 9.59 Å². The lowest BCUT2D eigenvalue weighted by molar-refractivity contribution is -0.297. The quantitative estimate of drug-likeness (QED) is 0.182. The normalized spacial score (nSPS) is 27.2. The molecule has 0 radical (unpaired) electrons. The smallest absolute Gasteiger partial charge is 0.364 e. The van der Waals surface area contributed by atoms with Crippen molar-refractivity contribution >= 4 is 17.9 Å². The summed E-state index contributed by atoms with van der Waals surface area (Å²) in [5.41, 5.74) is 0.499. The van der Waals surface area contributed by atoms with E-state index in [1.165, 1.54) is 6.92 Å². The number of aliphatic carboxylic acids is 1. The Bertz CT molecular complexity index is 832. The molecule has 1 aromatic rings. The lowest BCUT2D eigenvalue weighted by Gasteiger charge is -2.46. The third-order valence-corrected chi connectivity index (χ3v) is 4.89. The zero-order valence-corrected chi connectivity index (χ0v) is 17.5. The van der Waals surface area contributed by atoms with Crippen molar-refractivity contribution < 1.29 is 54.1 Å². The second kappa shape index (κ2) is 10.8. The summed E-state index contributed by atoms with van der Waals surface area (Å²) < 4.78 is 15.5. The number of carbonyl (C=O) groups is 3. The number of carboxylic acids is 1. The Labute approximate surface area is 183 Å². The SMILES string of the molecule is CC(=O)Oc1ccccc1CN[C@H]1[C@H]([C@H](O)[C@H](O)CO)OC(O)(C(=O)O)C[C@@H]1OC(C)=O. The minimum Gasteiger partial charge on any atom is -0.477 e. The van der Waals surface area contributed by atoms with E-state index in [-0.39, 0.29) is 12.3 Å². The summed E-state index contributed by atoms with van der Waals surface area (Å²) in [6.45, 7) is 1.41. The molecule has 32 heavy (non-hydrogen) atoms. The minimum absolute atomic E-state index is 0.0147. The highest BCUT2D eigenvalue weighted by atomic mass is 16.7. The molecule has 12 heteroatoms. The molecule has 0 saturated carbocycles. The van der Waals surface area contributed by atoms with E-state index >= 15 is 0 Å². The molecular formula is C20H27NO11. The molecule has 1 heterocycles. The van der Waals surface area contributed by atoms with E-state index in [2.05, 4.69) is 5.32 Å². The Morgan fingerprint density at radius 3 is 2.44 bits per heavy atom. The van der Waals surface area contributed by atoms with Crippen LogP contribution in [0.4, 0.5) is 0 Å². The first-order valence-electron chi connectivity index (χ1n) is 9.76. The molecule has 1 saturated heterocycles. The molecule has 6 N–H and O–H groups in total. The molecule has 0 spiro atoms. The third-order valence-electron chi connectivity index (χ3n) is 4.89. The van der Waals surface area contributed by atoms with Crippen LogP contribution in [0.25, 0.3) is 0 Å². The van der Waals surface area contributed by atoms with Crippen LogP contribution in [0.15, 0.2) is 24.3 Å². The van der Waals surface area contributed by atoms with Crippen LogP contribution in [0.5, 0.6) is 5.75 Å². The molecule has 1 aromatic carbocycles. The van der Waals surface area contributed by atoms with Crippen molar-refractivity contribution in [2.75, 3.05) is 6.61 Å². The Kier molecular flexibility index (Phi) is 8.66. The average molecular weight is 457 g/mol. The third kappa shape index (κ3) is 6.22. The summed E-state index contributed by atoms with van der Waals surface area (Å²) in [6.07, 6.45) is -7.19. The number of esters is 2. The van der Waals surface area contributed by atoms with Gasteiger partial charge in [0.1, 0.15) is 30.2 Å². The highest BCUT2D eigenvalue weighted by Gasteiger charge is 2.55. The van der Waals surface area contributed by atoms with Gasteiger partial charge >= 0.3 is 17.9 Å². The van der Waals surface area contributed by atoms with Gasteiger partial charge in [-0.2, -0.15) is 0 Å². The Morgan fingerprint density at radius 1 is 1.22 bits per heavy atom. The van der Waals surface area contributed by atoms with Crippen molar-refractivity contribution in [2.24, 2.45) is 0 Å². The summed E-state index contributed by atoms with van der Waals surface area (Å²) >= 11 is 0. The van der Waals surface area contributed by atoms with E-state index in [4.69, 9.17) is 14.2 Å². The largest absolute Gasteiger partial charge is 0.477 e. The van der Waals surface area contributed by atoms with Crippen molar-refractivity contribution in [3.63, 3.8) is 0 Å². The van der Waals surface area contributed by atoms with E-state index in [9.17, 15) is 39.9 Å². The topological polar surface area (TPSA) is 192 Å². The molecular weight excluding hydrogens is 430 g/mol. The van der Waals surface area contributed by atoms with E-state index in [1.54, 1.807) is 24.3 Å². The molecule has 0 aliphatic carbocycles. The fraction of sp³-hybridized carbons (Fsp3) is 0.550. The maximum Gasteiger partial charge on any atom is 0.364 e. The van der Waals surface area contributed by atoms with Crippen LogP contribution in [0.1, 0.15) is 25.8 Å². The second-order valence-electron chi connectivity index (χ2n) is 7.37. The van der Waals surface area contributed by atoms with Crippen LogP contribution in [0.2, 0.25) is 0 Å². The zero-order valence-electron chi connectivity index (χ0n) is 17.5. The number of rotatable bonds is 9. The molecule has 1 aliphatic heterocycles. The van der Waals surface area contributed by atoms with Gasteiger partial charge in [0, 0.05) is 26.0 Å². The van der Waals surface area contributed by atoms with Gasteiger partial charge in [-0.25, -0.2) is 4.79 Å². The van der Waals surface area contributed by atoms with Crippen LogP contribution in [-0.4, -0.2) is 86.3 Å². The number of aliphatic hydroxyl groups excluding tert-OH is 3. The van der Waals surface area contributed by atoms with Crippen LogP contribution < -0.4 is 10.1 Å². The Morgan fingerprint density at radius 2 is 1.88 bits per heavy atom. The fourth-order valence-corrected chi connectivity index (χ4v) is 3.41. The first-order valence-corrected chi connectivity index (χ1v) is 9.76. The van der Waals surface area contributed by atoms with Crippen molar-refractivity contribution in [3.8, 4) is 5.75 Å². The van der Waals surface area contributed by atoms with Gasteiger partial charge in [0.25, 0.3) is 5.79 Å². The summed E-state index contributed by atoms with van der Waals surface area (Å²) in [5.74, 6) is -5.71. The van der Waals surface area contributed by atoms with Crippen molar-refractivity contribution in [1.29, 1.82) is 0 Å². The van der Waals surface area contributed by atoms with Gasteiger partial charge in [0.15, 0.2) is 0 Å². The predicted molar refractivity (Wildman–Crippen MR) is 105 cm³/mol. The van der Waals surface area contributed by atoms with Crippen LogP contribution in [-0.2, 0) is 30.4 Å². The highest BCUT2D eigenvalue weighted by Crippen LogP contribution is 2.33. The van der Waals surface area contributed by atoms with Gasteiger partial charge in [-0.05, 0) is 6.07 Å². The van der Waals surface area contributed by atoms with Gasteiger partial charge in [0.2, 0.25) is 0 Å². The van der Waals surface area contributed by atoms with Gasteiger partial charge in [0.05, 0.1) is 19.1 Å². The summed E-state index contributed by atoms with van der Waals surface area (Å²) in [6, 6.07) is 5.38. The summed E-state index contributed by atoms with van der Waals surface area (Å²) in [5, 5.41) is 52.3. The average Bonchev–Trinajstić information content (AvgIpc) is 2.71. The molecule has 0 bridgehead atoms. The van der Waals surface area contributed by atoms with E-state index in [1.807, 2.05) is 0 Å². The van der Waals surface area contributed by atoms with E-state index in [0.29, 0.717) is 5.56 Å². The lowest BCUT2D eigenvalue weighted by Crippen LogP contribution is -2.67. The van der Waals surface area contributed by atoms with Gasteiger partial charge in [-0.1, -0.05) is 18.2 Å². The number of carboxylic acid groups (broad SMARTS) is 1. The van der Waals surface area contributed by atoms with Crippen molar-refractivity contribution in [1.82, 2.24) is 5.32 Å². The Hall–Kier alpha value is -2.61. The highest BCUT2D eigenvalue weighted by molar-refractivity contribution is 5.75. The zero-order chi connectivity index (χ0) is 24.1. The molecule has 6 atom stereocenters. The fourth-order valence-electron chi connectivity index (χ4n) is 3.41. The van der Waals surface area contributed by atoms with Crippen molar-refractivity contribution in [3.05, 3.63) is 29.8 Å². The number of aliphatic hydroxyl groups is 4. The summed E-state index contributed by atoms with van der Waals surface area (Å²) in [4.78, 5) is 34.5. The molecule has 1 unspecified atom stereocenters. The first kappa shape index (κ1) is 25.6. The van der Waals surface area contributed by atoms with Gasteiger partial charge < -0.3 is 45.1 Å². The number of hydrogen-bond donors (Lipinski definition) is 6. The molecule has 2 rings (SSSR count). The molecule has 1 fully saturated rings. The van der Waals surface area contributed by atoms with Crippen LogP contribution >= 0.6 is 0 Å². The number of ether oxygens (including phenoxy) is 3. The number of carbonyl (C=O) groups excluding carboxylic acids is 2. The maximum absolute atomic E-state index is 11.6. The Balaban J connectivity index is 2.38. The molecule has 178 valence electrons. The minimum atomic E-state index is -2.82. The monoisotopic (exact) mass is 457 g/mol. The first-order chi connectivity index (χ1) is 15.0. The predicted octanol–water partition coefficient (Wildman–Crippen LogP) is -1.72. The number of para-hydroxylation sites is 1. The van der Waals surface area contributed by atoms with E-state index < -0.39 is 67.2 Å². The standard InChI is InChI=1S/C20H27NO11/c1-10(23)30-14-6-4-3-5-12(14)8-21-16-15(31-11(2)24)7-20(29,19(27)28)32-18(16)17(26)13(25)9-22/h3-6,13,15-18,21-22,25-26,29H,7-9H2,1-2H3,(H,27,28)/t13-,15+,16-,17-,18-,20?/m1/s1. The molecule has 1 aliphatic rings. The molecule has 0 aromatic heterocycles. The maximum atomic E-state index is 11.6. The molecule has 0 amide bonds. The van der Waals surface area contributed by atoms with Gasteiger partial charge in [-0.15, -0.1) is 0 Å². The molecule has 12 nitrogen and oxygen atoms in total. The summed E-state index contributed by atoms with van der Waals surface area (Å²) in [7, 11) is 0. The van der Waals surface area contributed by atoms with E-state index in [0.717, 1.165) is 6.92 Å². The lowest BCUT2D eigenvalue weighted by atomic mass is 9.88. The number of hydrogen-bond acceptors (Lipinski definition) is 11. The van der Waals surface area contributed by atoms with Crippen LogP contribution in [0.3, 0.4) is 0 Å². The van der Waals surface area contributed by atoms with Crippen molar-refractivity contribution in [2.45, 2.75) is 63.1 Å². The second-order valence-corrected chi connectivity index (χ2v) is 7.37. The number of benzene rings is 1. The van der Waals surface area contributed by atoms with Crippen LogP contribution in [0, 0.1) is 0 Å².